The minimum absolute atomic E-state index is 0.0512. The molecule has 4 fully saturated rings. The Balaban J connectivity index is 1.31. The molecule has 1 saturated carbocycles. The van der Waals surface area contributed by atoms with Crippen LogP contribution >= 0.6 is 0 Å². The van der Waals surface area contributed by atoms with Gasteiger partial charge in [-0.25, -0.2) is 4.79 Å². The van der Waals surface area contributed by atoms with Crippen LogP contribution in [-0.4, -0.2) is 68.6 Å². The van der Waals surface area contributed by atoms with Gasteiger partial charge in [-0.15, -0.1) is 0 Å². The van der Waals surface area contributed by atoms with Crippen molar-refractivity contribution in [3.8, 4) is 6.07 Å². The highest BCUT2D eigenvalue weighted by Gasteiger charge is 2.72. The molecule has 0 spiro atoms. The number of hydrogen-bond donors (Lipinski definition) is 1. The van der Waals surface area contributed by atoms with E-state index in [2.05, 4.69) is 4.98 Å². The van der Waals surface area contributed by atoms with Crippen molar-refractivity contribution in [3.05, 3.63) is 30.1 Å². The van der Waals surface area contributed by atoms with Crippen molar-refractivity contribution in [1.82, 2.24) is 14.8 Å². The maximum absolute atomic E-state index is 13.4. The molecule has 12 heteroatoms. The maximum Gasteiger partial charge on any atom is 0.491 e. The van der Waals surface area contributed by atoms with Crippen LogP contribution in [0.1, 0.15) is 48.9 Å². The predicted octanol–water partition coefficient (Wildman–Crippen LogP) is 1.74. The summed E-state index contributed by atoms with van der Waals surface area (Å²) in [5.74, 6) is -4.03. The van der Waals surface area contributed by atoms with Gasteiger partial charge in [-0.2, -0.15) is 18.4 Å². The number of rotatable bonds is 4. The monoisotopic (exact) mass is 491 g/mol. The smallest absolute Gasteiger partial charge is 0.432 e. The number of carbonyl (C=O) groups is 3. The third-order valence-electron chi connectivity index (χ3n) is 7.86. The van der Waals surface area contributed by atoms with E-state index in [4.69, 9.17) is 10.5 Å². The fraction of sp³-hybridized carbons (Fsp3) is 0.609. The summed E-state index contributed by atoms with van der Waals surface area (Å²) in [7, 11) is 0. The van der Waals surface area contributed by atoms with Gasteiger partial charge in [-0.05, 0) is 50.2 Å². The van der Waals surface area contributed by atoms with Gasteiger partial charge in [0, 0.05) is 42.4 Å². The summed E-state index contributed by atoms with van der Waals surface area (Å²) in [6.07, 6.45) is 0.511. The largest absolute Gasteiger partial charge is 0.491 e. The van der Waals surface area contributed by atoms with E-state index in [0.29, 0.717) is 18.4 Å². The molecule has 2 unspecified atom stereocenters. The van der Waals surface area contributed by atoms with E-state index in [0.717, 1.165) is 17.7 Å². The van der Waals surface area contributed by atoms with E-state index in [1.54, 1.807) is 24.5 Å². The third-order valence-corrected chi connectivity index (χ3v) is 7.86. The van der Waals surface area contributed by atoms with Crippen LogP contribution in [0.4, 0.5) is 13.2 Å². The molecular formula is C23H24F3N5O4. The molecular weight excluding hydrogens is 467 g/mol. The predicted molar refractivity (Wildman–Crippen MR) is 112 cm³/mol. The molecule has 5 rings (SSSR count). The van der Waals surface area contributed by atoms with Crippen molar-refractivity contribution < 1.29 is 32.3 Å². The van der Waals surface area contributed by atoms with E-state index in [1.807, 2.05) is 11.0 Å². The summed E-state index contributed by atoms with van der Waals surface area (Å²) in [5.41, 5.74) is 5.12. The molecule has 4 aliphatic rings. The van der Waals surface area contributed by atoms with Crippen LogP contribution < -0.4 is 5.73 Å². The maximum atomic E-state index is 13.4. The first-order valence-electron chi connectivity index (χ1n) is 11.6. The number of alkyl halides is 3. The molecule has 2 bridgehead atoms. The Kier molecular flexibility index (Phi) is 5.51. The Morgan fingerprint density at radius 3 is 2.37 bits per heavy atom. The summed E-state index contributed by atoms with van der Waals surface area (Å²) < 4.78 is 43.4. The van der Waals surface area contributed by atoms with Gasteiger partial charge in [0.25, 0.3) is 5.91 Å². The number of hydrogen-bond acceptors (Lipinski definition) is 7. The number of carbonyl (C=O) groups excluding carboxylic acids is 3. The molecule has 3 aliphatic heterocycles. The normalized spacial score (nSPS) is 34.1. The number of halogens is 3. The van der Waals surface area contributed by atoms with E-state index >= 15 is 0 Å². The molecule has 186 valence electrons. The van der Waals surface area contributed by atoms with Crippen LogP contribution in [0.2, 0.25) is 0 Å². The lowest BCUT2D eigenvalue weighted by Gasteiger charge is -2.42. The van der Waals surface area contributed by atoms with Crippen LogP contribution in [0.3, 0.4) is 0 Å². The Labute approximate surface area is 199 Å². The number of nitrogens with two attached hydrogens (primary N) is 1. The highest BCUT2D eigenvalue weighted by Crippen LogP contribution is 2.59. The van der Waals surface area contributed by atoms with Crippen LogP contribution in [0.25, 0.3) is 0 Å². The zero-order valence-corrected chi connectivity index (χ0v) is 18.6. The summed E-state index contributed by atoms with van der Waals surface area (Å²) >= 11 is 0. The second-order valence-corrected chi connectivity index (χ2v) is 9.81. The number of piperidine rings is 2. The fourth-order valence-electron chi connectivity index (χ4n) is 6.19. The molecule has 0 radical (unpaired) electrons. The van der Waals surface area contributed by atoms with Crippen molar-refractivity contribution in [2.45, 2.75) is 74.6 Å². The Hall–Kier alpha value is -3.20. The summed E-state index contributed by atoms with van der Waals surface area (Å²) in [4.78, 5) is 44.8. The lowest BCUT2D eigenvalue weighted by molar-refractivity contribution is -0.217. The number of aromatic nitrogens is 1. The number of fused-ring (bicyclic) bond motifs is 3. The highest BCUT2D eigenvalue weighted by atomic mass is 19.4. The lowest BCUT2D eigenvalue weighted by atomic mass is 9.84. The van der Waals surface area contributed by atoms with E-state index in [-0.39, 0.29) is 36.8 Å². The highest BCUT2D eigenvalue weighted by molar-refractivity contribution is 5.95. The zero-order chi connectivity index (χ0) is 25.1. The second kappa shape index (κ2) is 8.19. The van der Waals surface area contributed by atoms with E-state index in [9.17, 15) is 32.8 Å². The summed E-state index contributed by atoms with van der Waals surface area (Å²) in [5, 5.41) is 9.53. The molecule has 4 heterocycles. The molecule has 1 aromatic rings. The average Bonchev–Trinajstić information content (AvgIpc) is 3.33. The van der Waals surface area contributed by atoms with Gasteiger partial charge in [0.05, 0.1) is 12.1 Å². The van der Waals surface area contributed by atoms with Gasteiger partial charge < -0.3 is 15.4 Å². The second-order valence-electron chi connectivity index (χ2n) is 9.81. The van der Waals surface area contributed by atoms with Gasteiger partial charge >= 0.3 is 12.1 Å². The van der Waals surface area contributed by atoms with Crippen molar-refractivity contribution in [1.29, 1.82) is 5.26 Å². The Bertz CT molecular complexity index is 1080. The topological polar surface area (TPSA) is 130 Å². The van der Waals surface area contributed by atoms with Crippen molar-refractivity contribution in [3.63, 3.8) is 0 Å². The molecule has 1 aromatic heterocycles. The third kappa shape index (κ3) is 3.82. The number of pyridine rings is 1. The standard InChI is InChI=1S/C23H24F3N5O4/c24-23(25,26)21(34)35-22-10-14(22)9-17(11-27)31(22)20(33)18(28)13-7-15-1-2-16(8-13)30(15)19(32)12-3-5-29-6-4-12/h3-6,13-18H,1-2,7-10,28H2/t13?,14-,15?,16?,17+,18+,22+/m1/s1. The first-order valence-corrected chi connectivity index (χ1v) is 11.6. The molecule has 3 saturated heterocycles. The first kappa shape index (κ1) is 23.5. The number of esters is 1. The average molecular weight is 491 g/mol. The minimum Gasteiger partial charge on any atom is -0.432 e. The molecule has 0 aromatic carbocycles. The van der Waals surface area contributed by atoms with Gasteiger partial charge in [-0.3, -0.25) is 19.5 Å². The zero-order valence-electron chi connectivity index (χ0n) is 18.6. The molecule has 2 amide bonds. The SMILES string of the molecule is N#C[C@@H]1C[C@@H]2C[C@@]2(OC(=O)C(F)(F)F)N1C(=O)[C@@H](N)C1CC2CCC(C1)N2C(=O)c1ccncc1. The number of likely N-dealkylation sites (tertiary alicyclic amines) is 1. The van der Waals surface area contributed by atoms with Gasteiger partial charge in [0.2, 0.25) is 5.91 Å². The fourth-order valence-corrected chi connectivity index (χ4v) is 6.19. The number of nitrogens with zero attached hydrogens (tertiary/aromatic N) is 4. The number of ether oxygens (including phenoxy) is 1. The number of amides is 2. The minimum atomic E-state index is -5.21. The molecule has 35 heavy (non-hydrogen) atoms. The Morgan fingerprint density at radius 1 is 1.17 bits per heavy atom. The quantitative estimate of drug-likeness (QED) is 0.635. The summed E-state index contributed by atoms with van der Waals surface area (Å²) in [6.45, 7) is 0. The van der Waals surface area contributed by atoms with Crippen LogP contribution in [0.5, 0.6) is 0 Å². The molecule has 9 nitrogen and oxygen atoms in total. The van der Waals surface area contributed by atoms with E-state index < -0.39 is 41.8 Å². The molecule has 2 N–H and O–H groups in total. The van der Waals surface area contributed by atoms with Crippen LogP contribution in [-0.2, 0) is 14.3 Å². The van der Waals surface area contributed by atoms with Crippen LogP contribution in [0.15, 0.2) is 24.5 Å². The van der Waals surface area contributed by atoms with E-state index in [1.165, 1.54) is 0 Å². The van der Waals surface area contributed by atoms with Gasteiger partial charge in [0.1, 0.15) is 6.04 Å². The van der Waals surface area contributed by atoms with Crippen molar-refractivity contribution in [2.75, 3.05) is 0 Å². The van der Waals surface area contributed by atoms with Crippen LogP contribution in [0, 0.1) is 23.2 Å². The van der Waals surface area contributed by atoms with Gasteiger partial charge in [0.15, 0.2) is 5.72 Å². The summed E-state index contributed by atoms with van der Waals surface area (Å²) in [6, 6.07) is 2.89. The Morgan fingerprint density at radius 2 is 1.80 bits per heavy atom. The molecule has 1 aliphatic carbocycles. The van der Waals surface area contributed by atoms with Crippen molar-refractivity contribution >= 4 is 17.8 Å². The van der Waals surface area contributed by atoms with Crippen molar-refractivity contribution in [2.24, 2.45) is 17.6 Å². The lowest BCUT2D eigenvalue weighted by Crippen LogP contribution is -2.58. The van der Waals surface area contributed by atoms with Gasteiger partial charge in [-0.1, -0.05) is 0 Å². The first-order chi connectivity index (χ1) is 16.6. The number of nitriles is 1. The molecule has 6 atom stereocenters.